The van der Waals surface area contributed by atoms with E-state index in [0.717, 1.165) is 11.1 Å². The van der Waals surface area contributed by atoms with E-state index in [0.29, 0.717) is 17.7 Å². The van der Waals surface area contributed by atoms with E-state index in [1.165, 1.54) is 16.2 Å². The highest BCUT2D eigenvalue weighted by Gasteiger charge is 2.20. The molecule has 102 valence electrons. The van der Waals surface area contributed by atoms with Crippen molar-refractivity contribution in [1.29, 1.82) is 0 Å². The maximum absolute atomic E-state index is 11.3. The van der Waals surface area contributed by atoms with Gasteiger partial charge in [-0.25, -0.2) is 4.98 Å². The molecular weight excluding hydrogens is 294 g/mol. The maximum atomic E-state index is 11.3. The van der Waals surface area contributed by atoms with Crippen molar-refractivity contribution in [2.75, 3.05) is 11.9 Å². The standard InChI is InChI=1S/C13H11N3O2S2/c17-16(18)13-10(3-4-11-12(13)15-8-20-11)14-6-5-9-2-1-7-19-9/h1-4,7-8,14H,5-6H2. The predicted molar refractivity (Wildman–Crippen MR) is 82.8 cm³/mol. The van der Waals surface area contributed by atoms with Crippen molar-refractivity contribution in [1.82, 2.24) is 4.98 Å². The molecule has 0 unspecified atom stereocenters. The Morgan fingerprint density at radius 1 is 1.30 bits per heavy atom. The van der Waals surface area contributed by atoms with Crippen LogP contribution in [-0.4, -0.2) is 16.5 Å². The summed E-state index contributed by atoms with van der Waals surface area (Å²) in [5, 5.41) is 16.4. The Morgan fingerprint density at radius 3 is 2.95 bits per heavy atom. The topological polar surface area (TPSA) is 68.1 Å². The van der Waals surface area contributed by atoms with E-state index in [9.17, 15) is 10.1 Å². The second kappa shape index (κ2) is 5.56. The first-order valence-electron chi connectivity index (χ1n) is 6.02. The van der Waals surface area contributed by atoms with Crippen LogP contribution in [-0.2, 0) is 6.42 Å². The van der Waals surface area contributed by atoms with E-state index >= 15 is 0 Å². The number of hydrogen-bond acceptors (Lipinski definition) is 6. The highest BCUT2D eigenvalue weighted by atomic mass is 32.1. The molecule has 3 aromatic rings. The fourth-order valence-electron chi connectivity index (χ4n) is 2.02. The molecule has 3 rings (SSSR count). The Kier molecular flexibility index (Phi) is 3.62. The molecule has 5 nitrogen and oxygen atoms in total. The molecule has 0 bridgehead atoms. The molecule has 0 aliphatic carbocycles. The lowest BCUT2D eigenvalue weighted by Crippen LogP contribution is -2.06. The van der Waals surface area contributed by atoms with Gasteiger partial charge < -0.3 is 5.32 Å². The highest BCUT2D eigenvalue weighted by molar-refractivity contribution is 7.16. The average molecular weight is 305 g/mol. The van der Waals surface area contributed by atoms with E-state index in [2.05, 4.69) is 16.4 Å². The van der Waals surface area contributed by atoms with Crippen LogP contribution in [0.25, 0.3) is 10.2 Å². The summed E-state index contributed by atoms with van der Waals surface area (Å²) in [6, 6.07) is 7.69. The number of nitrogens with one attached hydrogen (secondary N) is 1. The monoisotopic (exact) mass is 305 g/mol. The molecule has 0 spiro atoms. The number of benzene rings is 1. The number of hydrogen-bond donors (Lipinski definition) is 1. The molecule has 1 N–H and O–H groups in total. The van der Waals surface area contributed by atoms with Crippen LogP contribution >= 0.6 is 22.7 Å². The van der Waals surface area contributed by atoms with Crippen molar-refractivity contribution < 1.29 is 4.92 Å². The molecule has 0 atom stereocenters. The van der Waals surface area contributed by atoms with Crippen LogP contribution in [0.1, 0.15) is 4.88 Å². The van der Waals surface area contributed by atoms with Crippen LogP contribution in [0.5, 0.6) is 0 Å². The predicted octanol–water partition coefficient (Wildman–Crippen LogP) is 3.92. The molecule has 0 amide bonds. The van der Waals surface area contributed by atoms with Gasteiger partial charge in [0.2, 0.25) is 0 Å². The first kappa shape index (κ1) is 13.0. The Hall–Kier alpha value is -1.99. The minimum atomic E-state index is -0.366. The molecule has 0 fully saturated rings. The minimum absolute atomic E-state index is 0.0647. The van der Waals surface area contributed by atoms with E-state index in [4.69, 9.17) is 0 Å². The van der Waals surface area contributed by atoms with E-state index in [1.807, 2.05) is 17.5 Å². The van der Waals surface area contributed by atoms with Gasteiger partial charge in [0.1, 0.15) is 5.69 Å². The van der Waals surface area contributed by atoms with Crippen molar-refractivity contribution in [2.45, 2.75) is 6.42 Å². The van der Waals surface area contributed by atoms with E-state index in [-0.39, 0.29) is 10.6 Å². The summed E-state index contributed by atoms with van der Waals surface area (Å²) in [6.45, 7) is 0.664. The van der Waals surface area contributed by atoms with Crippen molar-refractivity contribution in [2.24, 2.45) is 0 Å². The number of thiazole rings is 1. The zero-order valence-electron chi connectivity index (χ0n) is 10.4. The van der Waals surface area contributed by atoms with E-state index < -0.39 is 0 Å². The average Bonchev–Trinajstić information content (AvgIpc) is 3.07. The summed E-state index contributed by atoms with van der Waals surface area (Å²) >= 11 is 3.10. The maximum Gasteiger partial charge on any atom is 0.319 e. The van der Waals surface area contributed by atoms with E-state index in [1.54, 1.807) is 22.9 Å². The normalized spacial score (nSPS) is 10.8. The van der Waals surface area contributed by atoms with Gasteiger partial charge in [0.25, 0.3) is 0 Å². The Labute approximate surface area is 123 Å². The Bertz CT molecular complexity index is 737. The van der Waals surface area contributed by atoms with Gasteiger partial charge in [0.15, 0.2) is 5.52 Å². The number of thiophene rings is 1. The Balaban J connectivity index is 1.83. The Morgan fingerprint density at radius 2 is 2.20 bits per heavy atom. The van der Waals surface area contributed by atoms with Crippen LogP contribution in [0.3, 0.4) is 0 Å². The van der Waals surface area contributed by atoms with Crippen LogP contribution in [0, 0.1) is 10.1 Å². The minimum Gasteiger partial charge on any atom is -0.379 e. The molecule has 0 aliphatic rings. The smallest absolute Gasteiger partial charge is 0.319 e. The molecule has 0 radical (unpaired) electrons. The van der Waals surface area contributed by atoms with Gasteiger partial charge in [-0.1, -0.05) is 6.07 Å². The molecule has 20 heavy (non-hydrogen) atoms. The van der Waals surface area contributed by atoms with Crippen LogP contribution < -0.4 is 5.32 Å². The van der Waals surface area contributed by atoms with Crippen LogP contribution in [0.4, 0.5) is 11.4 Å². The molecule has 0 saturated carbocycles. The van der Waals surface area contributed by atoms with Gasteiger partial charge in [0.05, 0.1) is 15.1 Å². The van der Waals surface area contributed by atoms with Gasteiger partial charge in [-0.15, -0.1) is 22.7 Å². The zero-order valence-corrected chi connectivity index (χ0v) is 12.0. The van der Waals surface area contributed by atoms with Gasteiger partial charge in [-0.05, 0) is 30.0 Å². The van der Waals surface area contributed by atoms with Crippen molar-refractivity contribution in [3.8, 4) is 0 Å². The summed E-state index contributed by atoms with van der Waals surface area (Å²) in [4.78, 5) is 16.2. The molecule has 2 heterocycles. The zero-order chi connectivity index (χ0) is 13.9. The number of nitrogens with zero attached hydrogens (tertiary/aromatic N) is 2. The fraction of sp³-hybridized carbons (Fsp3) is 0.154. The first-order chi connectivity index (χ1) is 9.75. The molecule has 2 aromatic heterocycles. The second-order valence-corrected chi connectivity index (χ2v) is 6.09. The number of nitro groups is 1. The number of fused-ring (bicyclic) bond motifs is 1. The summed E-state index contributed by atoms with van der Waals surface area (Å²) in [5.74, 6) is 0. The second-order valence-electron chi connectivity index (χ2n) is 4.17. The summed E-state index contributed by atoms with van der Waals surface area (Å²) in [6.07, 6.45) is 0.851. The third-order valence-electron chi connectivity index (χ3n) is 2.93. The van der Waals surface area contributed by atoms with Gasteiger partial charge >= 0.3 is 5.69 Å². The third-order valence-corrected chi connectivity index (χ3v) is 4.66. The number of anilines is 1. The quantitative estimate of drug-likeness (QED) is 0.573. The lowest BCUT2D eigenvalue weighted by Gasteiger charge is -2.06. The third kappa shape index (κ3) is 2.50. The van der Waals surface area contributed by atoms with Crippen LogP contribution in [0.15, 0.2) is 35.2 Å². The molecule has 0 saturated heterocycles. The molecular formula is C13H11N3O2S2. The lowest BCUT2D eigenvalue weighted by atomic mass is 10.2. The summed E-state index contributed by atoms with van der Waals surface area (Å²) in [7, 11) is 0. The summed E-state index contributed by atoms with van der Waals surface area (Å²) in [5.41, 5.74) is 2.69. The number of aromatic nitrogens is 1. The van der Waals surface area contributed by atoms with Crippen molar-refractivity contribution in [3.63, 3.8) is 0 Å². The SMILES string of the molecule is O=[N+]([O-])c1c(NCCc2cccs2)ccc2scnc12. The van der Waals surface area contributed by atoms with Gasteiger partial charge in [-0.2, -0.15) is 0 Å². The lowest BCUT2D eigenvalue weighted by molar-refractivity contribution is -0.382. The largest absolute Gasteiger partial charge is 0.379 e. The summed E-state index contributed by atoms with van der Waals surface area (Å²) < 4.78 is 0.834. The first-order valence-corrected chi connectivity index (χ1v) is 7.78. The van der Waals surface area contributed by atoms with Crippen LogP contribution in [0.2, 0.25) is 0 Å². The molecule has 1 aromatic carbocycles. The number of rotatable bonds is 5. The highest BCUT2D eigenvalue weighted by Crippen LogP contribution is 2.34. The fourth-order valence-corrected chi connectivity index (χ4v) is 3.41. The van der Waals surface area contributed by atoms with Crippen molar-refractivity contribution in [3.05, 3.63) is 50.1 Å². The number of nitro benzene ring substituents is 1. The van der Waals surface area contributed by atoms with Gasteiger partial charge in [0, 0.05) is 11.4 Å². The van der Waals surface area contributed by atoms with Gasteiger partial charge in [-0.3, -0.25) is 10.1 Å². The van der Waals surface area contributed by atoms with Crippen molar-refractivity contribution >= 4 is 44.3 Å². The molecule has 7 heteroatoms. The molecule has 0 aliphatic heterocycles.